The van der Waals surface area contributed by atoms with Crippen molar-refractivity contribution >= 4 is 17.8 Å². The maximum atomic E-state index is 12.8. The zero-order valence-electron chi connectivity index (χ0n) is 13.6. The van der Waals surface area contributed by atoms with E-state index in [-0.39, 0.29) is 30.4 Å². The highest BCUT2D eigenvalue weighted by molar-refractivity contribution is 6.06. The third-order valence-electron chi connectivity index (χ3n) is 4.20. The molecule has 0 saturated carbocycles. The van der Waals surface area contributed by atoms with E-state index in [4.69, 9.17) is 0 Å². The maximum absolute atomic E-state index is 12.8. The first-order valence-corrected chi connectivity index (χ1v) is 7.65. The summed E-state index contributed by atoms with van der Waals surface area (Å²) in [7, 11) is 1.62. The van der Waals surface area contributed by atoms with Crippen LogP contribution in [0.4, 0.5) is 4.79 Å². The summed E-state index contributed by atoms with van der Waals surface area (Å²) >= 11 is 0. The van der Waals surface area contributed by atoms with E-state index in [2.05, 4.69) is 5.32 Å². The van der Waals surface area contributed by atoms with Crippen LogP contribution in [0.25, 0.3) is 0 Å². The van der Waals surface area contributed by atoms with Crippen LogP contribution in [0.3, 0.4) is 0 Å². The molecule has 122 valence electrons. The Kier molecular flexibility index (Phi) is 4.85. The smallest absolute Gasteiger partial charge is 0.327 e. The molecule has 1 saturated heterocycles. The molecule has 1 unspecified atom stereocenters. The monoisotopic (exact) mass is 308 g/mol. The van der Waals surface area contributed by atoms with Gasteiger partial charge < -0.3 is 15.1 Å². The second-order valence-corrected chi connectivity index (χ2v) is 5.90. The highest BCUT2D eigenvalue weighted by Gasteiger charge is 2.43. The van der Waals surface area contributed by atoms with Crippen LogP contribution in [0.15, 0.2) is 11.6 Å². The van der Waals surface area contributed by atoms with Gasteiger partial charge in [0.2, 0.25) is 5.91 Å². The number of amides is 4. The van der Waals surface area contributed by atoms with Crippen molar-refractivity contribution in [1.29, 1.82) is 0 Å². The van der Waals surface area contributed by atoms with Crippen molar-refractivity contribution in [3.8, 4) is 0 Å². The van der Waals surface area contributed by atoms with Gasteiger partial charge in [0.25, 0.3) is 5.91 Å². The zero-order valence-corrected chi connectivity index (χ0v) is 13.6. The molecular weight excluding hydrogens is 284 g/mol. The molecule has 1 N–H and O–H groups in total. The van der Waals surface area contributed by atoms with Gasteiger partial charge in [-0.05, 0) is 26.3 Å². The Bertz CT molecular complexity index is 515. The first-order valence-electron chi connectivity index (χ1n) is 7.65. The first-order chi connectivity index (χ1) is 10.4. The van der Waals surface area contributed by atoms with E-state index in [1.807, 2.05) is 26.8 Å². The number of hydrogen-bond acceptors (Lipinski definition) is 4. The van der Waals surface area contributed by atoms with Gasteiger partial charge in [-0.25, -0.2) is 4.79 Å². The average Bonchev–Trinajstić information content (AvgIpc) is 2.97. The Labute approximate surface area is 130 Å². The number of nitrogens with one attached hydrogen (secondary N) is 1. The Morgan fingerprint density at radius 2 is 2.14 bits per heavy atom. The highest BCUT2D eigenvalue weighted by Crippen LogP contribution is 2.21. The van der Waals surface area contributed by atoms with Gasteiger partial charge in [-0.2, -0.15) is 0 Å². The Hall–Kier alpha value is -1.89. The van der Waals surface area contributed by atoms with Gasteiger partial charge >= 0.3 is 6.03 Å². The number of carbonyl (C=O) groups is 3. The second-order valence-electron chi connectivity index (χ2n) is 5.90. The van der Waals surface area contributed by atoms with E-state index in [1.165, 1.54) is 4.90 Å². The quantitative estimate of drug-likeness (QED) is 0.747. The highest BCUT2D eigenvalue weighted by atomic mass is 16.2. The first kappa shape index (κ1) is 16.5. The third-order valence-corrected chi connectivity index (χ3v) is 4.20. The van der Waals surface area contributed by atoms with Gasteiger partial charge in [0, 0.05) is 32.7 Å². The Balaban J connectivity index is 2.27. The van der Waals surface area contributed by atoms with Crippen LogP contribution >= 0.6 is 0 Å². The summed E-state index contributed by atoms with van der Waals surface area (Å²) < 4.78 is 0. The molecule has 22 heavy (non-hydrogen) atoms. The molecule has 7 heteroatoms. The number of imide groups is 1. The van der Waals surface area contributed by atoms with Crippen molar-refractivity contribution in [3.63, 3.8) is 0 Å². The summed E-state index contributed by atoms with van der Waals surface area (Å²) in [5.74, 6) is -0.535. The minimum Gasteiger partial charge on any atom is -0.328 e. The van der Waals surface area contributed by atoms with Gasteiger partial charge in [0.1, 0.15) is 12.6 Å². The lowest BCUT2D eigenvalue weighted by molar-refractivity contribution is -0.150. The van der Waals surface area contributed by atoms with Crippen LogP contribution in [0.1, 0.15) is 20.8 Å². The number of urea groups is 1. The topological polar surface area (TPSA) is 73.0 Å². The average molecular weight is 308 g/mol. The van der Waals surface area contributed by atoms with Crippen molar-refractivity contribution in [2.24, 2.45) is 0 Å². The summed E-state index contributed by atoms with van der Waals surface area (Å²) in [6.07, 6.45) is 1.92. The molecule has 1 atom stereocenters. The molecule has 0 spiro atoms. The largest absolute Gasteiger partial charge is 0.328 e. The summed E-state index contributed by atoms with van der Waals surface area (Å²) in [5, 5.41) is 3.13. The molecule has 4 amide bonds. The predicted molar refractivity (Wildman–Crippen MR) is 82.1 cm³/mol. The Morgan fingerprint density at radius 3 is 2.64 bits per heavy atom. The fourth-order valence-electron chi connectivity index (χ4n) is 2.93. The normalized spacial score (nSPS) is 22.4. The number of piperazine rings is 1. The van der Waals surface area contributed by atoms with E-state index in [9.17, 15) is 14.4 Å². The number of nitrogens with zero attached hydrogens (tertiary/aromatic N) is 3. The van der Waals surface area contributed by atoms with Gasteiger partial charge in [-0.1, -0.05) is 6.08 Å². The second kappa shape index (κ2) is 6.48. The van der Waals surface area contributed by atoms with E-state index in [0.717, 1.165) is 10.5 Å². The van der Waals surface area contributed by atoms with Gasteiger partial charge in [-0.15, -0.1) is 0 Å². The van der Waals surface area contributed by atoms with Gasteiger partial charge in [0.15, 0.2) is 0 Å². The predicted octanol–water partition coefficient (Wildman–Crippen LogP) is 0.0355. The fourth-order valence-corrected chi connectivity index (χ4v) is 2.93. The van der Waals surface area contributed by atoms with E-state index >= 15 is 0 Å². The number of rotatable bonds is 3. The van der Waals surface area contributed by atoms with Crippen LogP contribution < -0.4 is 5.32 Å². The maximum Gasteiger partial charge on any atom is 0.327 e. The van der Waals surface area contributed by atoms with Crippen molar-refractivity contribution in [1.82, 2.24) is 20.0 Å². The summed E-state index contributed by atoms with van der Waals surface area (Å²) in [6.45, 7) is 7.21. The summed E-state index contributed by atoms with van der Waals surface area (Å²) in [4.78, 5) is 41.7. The van der Waals surface area contributed by atoms with Crippen LogP contribution in [0.5, 0.6) is 0 Å². The summed E-state index contributed by atoms with van der Waals surface area (Å²) in [6, 6.07) is -1.09. The van der Waals surface area contributed by atoms with E-state index in [1.54, 1.807) is 11.9 Å². The molecule has 2 aliphatic heterocycles. The lowest BCUT2D eigenvalue weighted by atomic mass is 10.0. The molecule has 7 nitrogen and oxygen atoms in total. The minimum atomic E-state index is -0.675. The van der Waals surface area contributed by atoms with E-state index < -0.39 is 6.04 Å². The van der Waals surface area contributed by atoms with E-state index in [0.29, 0.717) is 19.6 Å². The van der Waals surface area contributed by atoms with Crippen molar-refractivity contribution in [2.45, 2.75) is 32.9 Å². The Morgan fingerprint density at radius 1 is 1.45 bits per heavy atom. The molecule has 0 aliphatic carbocycles. The van der Waals surface area contributed by atoms with Gasteiger partial charge in [0.05, 0.1) is 0 Å². The van der Waals surface area contributed by atoms with Crippen LogP contribution in [0, 0.1) is 0 Å². The molecular formula is C15H24N4O3. The van der Waals surface area contributed by atoms with Crippen molar-refractivity contribution < 1.29 is 14.4 Å². The lowest BCUT2D eigenvalue weighted by Gasteiger charge is -2.40. The molecule has 0 aromatic heterocycles. The van der Waals surface area contributed by atoms with Crippen molar-refractivity contribution in [3.05, 3.63) is 11.6 Å². The molecule has 0 radical (unpaired) electrons. The number of carbonyl (C=O) groups excluding carboxylic acids is 3. The summed E-state index contributed by atoms with van der Waals surface area (Å²) in [5.41, 5.74) is 0.853. The molecule has 2 heterocycles. The lowest BCUT2D eigenvalue weighted by Crippen LogP contribution is -2.63. The van der Waals surface area contributed by atoms with Crippen molar-refractivity contribution in [2.75, 3.05) is 33.2 Å². The number of hydrogen-bond donors (Lipinski definition) is 1. The van der Waals surface area contributed by atoms with Crippen LogP contribution in [0.2, 0.25) is 0 Å². The molecule has 0 aromatic carbocycles. The zero-order chi connectivity index (χ0) is 16.4. The molecule has 0 aromatic rings. The standard InChI is InChI=1S/C15H24N4O3/c1-5-18(10(2)3)15(22)19-9-12(20)17(4)13(14(19)21)11-6-7-16-8-11/h6,10,13,16H,5,7-9H2,1-4H3. The SMILES string of the molecule is CCN(C(=O)N1CC(=O)N(C)C(C2=CCNC2)C1=O)C(C)C. The van der Waals surface area contributed by atoms with Crippen LogP contribution in [-0.4, -0.2) is 77.9 Å². The molecule has 0 bridgehead atoms. The molecule has 2 rings (SSSR count). The minimum absolute atomic E-state index is 0.0223. The fraction of sp³-hybridized carbons (Fsp3) is 0.667. The number of likely N-dealkylation sites (N-methyl/N-ethyl adjacent to an activating group) is 1. The van der Waals surface area contributed by atoms with Crippen LogP contribution in [-0.2, 0) is 9.59 Å². The molecule has 2 aliphatic rings. The third kappa shape index (κ3) is 2.85. The van der Waals surface area contributed by atoms with Gasteiger partial charge in [-0.3, -0.25) is 14.5 Å². The molecule has 1 fully saturated rings.